The molecule has 0 bridgehead atoms. The number of fused-ring (bicyclic) bond motifs is 1. The predicted octanol–water partition coefficient (Wildman–Crippen LogP) is 4.16. The summed E-state index contributed by atoms with van der Waals surface area (Å²) in [7, 11) is -0.294. The second-order valence-corrected chi connectivity index (χ2v) is 8.44. The Morgan fingerprint density at radius 1 is 1.07 bits per heavy atom. The third-order valence-corrected chi connectivity index (χ3v) is 6.53. The Morgan fingerprint density at radius 2 is 1.83 bits per heavy atom. The predicted molar refractivity (Wildman–Crippen MR) is 115 cm³/mol. The zero-order chi connectivity index (χ0) is 19.9. The van der Waals surface area contributed by atoms with Gasteiger partial charge in [0.15, 0.2) is 0 Å². The Hall–Kier alpha value is -2.61. The summed E-state index contributed by atoms with van der Waals surface area (Å²) in [6.45, 7) is 0.472. The summed E-state index contributed by atoms with van der Waals surface area (Å²) in [5.74, 6) is -0.467. The van der Waals surface area contributed by atoms with Gasteiger partial charge in [0.1, 0.15) is 5.82 Å². The summed E-state index contributed by atoms with van der Waals surface area (Å²) in [5, 5.41) is 3.64. The van der Waals surface area contributed by atoms with Crippen LogP contribution in [0.2, 0.25) is 0 Å². The first kappa shape index (κ1) is 21.1. The molecule has 2 heterocycles. The topological polar surface area (TPSA) is 56.0 Å². The maximum absolute atomic E-state index is 14.5. The Labute approximate surface area is 175 Å². The largest absolute Gasteiger partial charge is 0.351 e. The first-order chi connectivity index (χ1) is 13.4. The van der Waals surface area contributed by atoms with Crippen LogP contribution in [-0.4, -0.2) is 24.0 Å². The molecule has 0 aliphatic rings. The van der Waals surface area contributed by atoms with Gasteiger partial charge in [-0.3, -0.25) is 0 Å². The SMILES string of the molecule is CNCc1cc(-c2ccccc2F)n(S(=O)(=O)c2cccc3c2ccn3C)c1.Cl. The molecular weight excluding hydrogens is 413 g/mol. The minimum absolute atomic E-state index is 0. The van der Waals surface area contributed by atoms with E-state index in [1.54, 1.807) is 55.7 Å². The molecule has 0 saturated heterocycles. The second-order valence-electron chi connectivity index (χ2n) is 6.66. The highest BCUT2D eigenvalue weighted by Crippen LogP contribution is 2.31. The zero-order valence-electron chi connectivity index (χ0n) is 16.0. The molecule has 0 aliphatic carbocycles. The van der Waals surface area contributed by atoms with Crippen molar-refractivity contribution in [3.8, 4) is 11.3 Å². The van der Waals surface area contributed by atoms with Gasteiger partial charge >= 0.3 is 0 Å². The fraction of sp³-hybridized carbons (Fsp3) is 0.143. The lowest BCUT2D eigenvalue weighted by Crippen LogP contribution is -2.14. The van der Waals surface area contributed by atoms with Gasteiger partial charge in [-0.15, -0.1) is 12.4 Å². The molecule has 29 heavy (non-hydrogen) atoms. The van der Waals surface area contributed by atoms with Crippen LogP contribution >= 0.6 is 12.4 Å². The minimum Gasteiger partial charge on any atom is -0.351 e. The van der Waals surface area contributed by atoms with Gasteiger partial charge in [-0.1, -0.05) is 18.2 Å². The van der Waals surface area contributed by atoms with Crippen LogP contribution in [0.5, 0.6) is 0 Å². The van der Waals surface area contributed by atoms with Crippen LogP contribution in [0.3, 0.4) is 0 Å². The van der Waals surface area contributed by atoms with Gasteiger partial charge in [-0.2, -0.15) is 0 Å². The van der Waals surface area contributed by atoms with Crippen LogP contribution in [-0.2, 0) is 23.6 Å². The number of halogens is 2. The van der Waals surface area contributed by atoms with E-state index in [0.717, 1.165) is 11.1 Å². The third-order valence-electron chi connectivity index (χ3n) is 4.80. The summed E-state index contributed by atoms with van der Waals surface area (Å²) < 4.78 is 44.7. The summed E-state index contributed by atoms with van der Waals surface area (Å²) in [5.41, 5.74) is 2.12. The molecule has 4 aromatic rings. The molecule has 2 aromatic heterocycles. The Balaban J connectivity index is 0.00000240. The van der Waals surface area contributed by atoms with Crippen molar-refractivity contribution in [1.29, 1.82) is 0 Å². The molecule has 1 N–H and O–H groups in total. The Kier molecular flexibility index (Phi) is 5.84. The number of hydrogen-bond donors (Lipinski definition) is 1. The zero-order valence-corrected chi connectivity index (χ0v) is 17.6. The minimum atomic E-state index is -3.94. The summed E-state index contributed by atoms with van der Waals surface area (Å²) in [6, 6.07) is 14.8. The van der Waals surface area contributed by atoms with E-state index in [4.69, 9.17) is 0 Å². The van der Waals surface area contributed by atoms with Crippen molar-refractivity contribution in [3.63, 3.8) is 0 Å². The fourth-order valence-corrected chi connectivity index (χ4v) is 5.06. The van der Waals surface area contributed by atoms with E-state index < -0.39 is 15.8 Å². The lowest BCUT2D eigenvalue weighted by atomic mass is 10.1. The van der Waals surface area contributed by atoms with Crippen LogP contribution in [0, 0.1) is 5.82 Å². The van der Waals surface area contributed by atoms with Gasteiger partial charge in [-0.25, -0.2) is 16.8 Å². The first-order valence-corrected chi connectivity index (χ1v) is 10.3. The van der Waals surface area contributed by atoms with Crippen molar-refractivity contribution in [2.45, 2.75) is 11.4 Å². The molecule has 0 amide bonds. The number of aryl methyl sites for hydroxylation is 1. The van der Waals surface area contributed by atoms with Crippen LogP contribution in [0.1, 0.15) is 5.56 Å². The molecular formula is C21H21ClFN3O2S. The van der Waals surface area contributed by atoms with Crippen LogP contribution in [0.15, 0.2) is 71.9 Å². The van der Waals surface area contributed by atoms with E-state index in [2.05, 4.69) is 5.32 Å². The van der Waals surface area contributed by atoms with Gasteiger partial charge in [-0.05, 0) is 49.0 Å². The van der Waals surface area contributed by atoms with E-state index in [-0.39, 0.29) is 22.9 Å². The highest BCUT2D eigenvalue weighted by Gasteiger charge is 2.25. The number of nitrogens with one attached hydrogen (secondary N) is 1. The molecule has 0 fully saturated rings. The molecule has 0 aliphatic heterocycles. The number of nitrogens with zero attached hydrogens (tertiary/aromatic N) is 2. The van der Waals surface area contributed by atoms with Crippen molar-refractivity contribution >= 4 is 33.3 Å². The van der Waals surface area contributed by atoms with E-state index in [1.165, 1.54) is 10.0 Å². The van der Waals surface area contributed by atoms with E-state index in [9.17, 15) is 12.8 Å². The average molecular weight is 434 g/mol. The van der Waals surface area contributed by atoms with Gasteiger partial charge in [0.2, 0.25) is 0 Å². The Bertz CT molecular complexity index is 1280. The summed E-state index contributed by atoms with van der Waals surface area (Å²) >= 11 is 0. The molecule has 0 spiro atoms. The fourth-order valence-electron chi connectivity index (χ4n) is 3.47. The molecule has 8 heteroatoms. The molecule has 2 aromatic carbocycles. The molecule has 4 rings (SSSR count). The van der Waals surface area contributed by atoms with E-state index in [1.807, 2.05) is 23.9 Å². The Morgan fingerprint density at radius 3 is 2.55 bits per heavy atom. The quantitative estimate of drug-likeness (QED) is 0.514. The number of benzene rings is 2. The van der Waals surface area contributed by atoms with E-state index >= 15 is 0 Å². The van der Waals surface area contributed by atoms with Gasteiger partial charge in [0.05, 0.1) is 10.6 Å². The van der Waals surface area contributed by atoms with Crippen molar-refractivity contribution < 1.29 is 12.8 Å². The van der Waals surface area contributed by atoms with Crippen molar-refractivity contribution in [2.75, 3.05) is 7.05 Å². The van der Waals surface area contributed by atoms with Crippen molar-refractivity contribution in [2.24, 2.45) is 7.05 Å². The number of rotatable bonds is 5. The monoisotopic (exact) mass is 433 g/mol. The average Bonchev–Trinajstić information content (AvgIpc) is 3.27. The maximum atomic E-state index is 14.5. The molecule has 0 unspecified atom stereocenters. The lowest BCUT2D eigenvalue weighted by molar-refractivity contribution is 0.588. The van der Waals surface area contributed by atoms with Crippen LogP contribution in [0.4, 0.5) is 4.39 Å². The molecule has 0 saturated carbocycles. The second kappa shape index (κ2) is 8.02. The number of hydrogen-bond acceptors (Lipinski definition) is 3. The van der Waals surface area contributed by atoms with Gasteiger partial charge < -0.3 is 9.88 Å². The van der Waals surface area contributed by atoms with Crippen molar-refractivity contribution in [3.05, 3.63) is 78.4 Å². The van der Waals surface area contributed by atoms with Crippen LogP contribution < -0.4 is 5.32 Å². The maximum Gasteiger partial charge on any atom is 0.268 e. The molecule has 152 valence electrons. The molecule has 0 radical (unpaired) electrons. The normalized spacial score (nSPS) is 11.6. The summed E-state index contributed by atoms with van der Waals surface area (Å²) in [4.78, 5) is 0.190. The molecule has 0 atom stereocenters. The summed E-state index contributed by atoms with van der Waals surface area (Å²) in [6.07, 6.45) is 3.37. The van der Waals surface area contributed by atoms with Gasteiger partial charge in [0.25, 0.3) is 10.0 Å². The standard InChI is InChI=1S/C21H20FN3O2S.ClH/c1-23-13-15-12-20(16-6-3-4-7-18(16)22)25(14-15)28(26,27)21-9-5-8-19-17(21)10-11-24(19)2;/h3-12,14,23H,13H2,1-2H3;1H. The lowest BCUT2D eigenvalue weighted by Gasteiger charge is -2.12. The highest BCUT2D eigenvalue weighted by atomic mass is 35.5. The van der Waals surface area contributed by atoms with Crippen LogP contribution in [0.25, 0.3) is 22.2 Å². The molecule has 5 nitrogen and oxygen atoms in total. The van der Waals surface area contributed by atoms with Crippen molar-refractivity contribution in [1.82, 2.24) is 13.9 Å². The smallest absolute Gasteiger partial charge is 0.268 e. The number of aromatic nitrogens is 2. The first-order valence-electron chi connectivity index (χ1n) is 8.84. The van der Waals surface area contributed by atoms with E-state index in [0.29, 0.717) is 17.6 Å². The van der Waals surface area contributed by atoms with Gasteiger partial charge in [0, 0.05) is 42.5 Å². The third kappa shape index (κ3) is 3.57. The highest BCUT2D eigenvalue weighted by molar-refractivity contribution is 7.90.